The molecule has 0 aromatic heterocycles. The molecule has 3 rings (SSSR count). The highest BCUT2D eigenvalue weighted by Crippen LogP contribution is 2.46. The average molecular weight is 295 g/mol. The van der Waals surface area contributed by atoms with Crippen LogP contribution in [-0.4, -0.2) is 28.6 Å². The third-order valence-corrected chi connectivity index (χ3v) is 5.31. The molecule has 116 valence electrons. The number of aliphatic hydroxyl groups excluding tert-OH is 1. The first-order chi connectivity index (χ1) is 10.1. The van der Waals surface area contributed by atoms with Gasteiger partial charge >= 0.3 is 0 Å². The van der Waals surface area contributed by atoms with Crippen molar-refractivity contribution in [2.45, 2.75) is 57.1 Å². The second-order valence-corrected chi connectivity index (χ2v) is 6.51. The molecular weight excluding hydrogens is 272 g/mol. The van der Waals surface area contributed by atoms with E-state index in [0.29, 0.717) is 0 Å². The van der Waals surface area contributed by atoms with Gasteiger partial charge in [-0.05, 0) is 51.3 Å². The Hall–Kier alpha value is -1.00. The second kappa shape index (κ2) is 5.65. The Morgan fingerprint density at radius 3 is 2.29 bits per heavy atom. The quantitative estimate of drug-likeness (QED) is 0.919. The molecule has 1 aromatic carbocycles. The van der Waals surface area contributed by atoms with Crippen LogP contribution < -0.4 is 0 Å². The molecule has 2 fully saturated rings. The molecule has 1 atom stereocenters. The molecule has 1 saturated carbocycles. The summed E-state index contributed by atoms with van der Waals surface area (Å²) in [6.07, 6.45) is 5.12. The fraction of sp³-hybridized carbons (Fsp3) is 0.647. The maximum absolute atomic E-state index is 14.3. The van der Waals surface area contributed by atoms with E-state index >= 15 is 0 Å². The molecule has 1 unspecified atom stereocenters. The van der Waals surface area contributed by atoms with E-state index < -0.39 is 23.3 Å². The van der Waals surface area contributed by atoms with E-state index in [-0.39, 0.29) is 11.1 Å². The first-order valence-corrected chi connectivity index (χ1v) is 7.94. The van der Waals surface area contributed by atoms with E-state index in [4.69, 9.17) is 0 Å². The van der Waals surface area contributed by atoms with Gasteiger partial charge < -0.3 is 5.11 Å². The summed E-state index contributed by atoms with van der Waals surface area (Å²) < 4.78 is 28.1. The lowest BCUT2D eigenvalue weighted by atomic mass is 9.83. The third kappa shape index (κ3) is 2.38. The smallest absolute Gasteiger partial charge is 0.164 e. The van der Waals surface area contributed by atoms with Crippen molar-refractivity contribution < 1.29 is 13.9 Å². The number of benzene rings is 1. The Labute approximate surface area is 124 Å². The van der Waals surface area contributed by atoms with Crippen LogP contribution in [0.15, 0.2) is 12.1 Å². The van der Waals surface area contributed by atoms with Crippen molar-refractivity contribution in [3.8, 4) is 0 Å². The van der Waals surface area contributed by atoms with Crippen molar-refractivity contribution in [2.24, 2.45) is 0 Å². The number of rotatable bonds is 3. The molecule has 2 nitrogen and oxygen atoms in total. The van der Waals surface area contributed by atoms with Crippen molar-refractivity contribution in [1.82, 2.24) is 4.90 Å². The van der Waals surface area contributed by atoms with Crippen LogP contribution in [0.1, 0.15) is 55.8 Å². The van der Waals surface area contributed by atoms with Crippen molar-refractivity contribution in [3.05, 3.63) is 34.9 Å². The highest BCUT2D eigenvalue weighted by molar-refractivity contribution is 5.29. The number of halogens is 2. The number of hydrogen-bond acceptors (Lipinski definition) is 2. The molecule has 1 aliphatic heterocycles. The first kappa shape index (κ1) is 14.9. The van der Waals surface area contributed by atoms with Gasteiger partial charge in [0.15, 0.2) is 11.6 Å². The van der Waals surface area contributed by atoms with Crippen LogP contribution >= 0.6 is 0 Å². The van der Waals surface area contributed by atoms with Crippen LogP contribution in [0, 0.1) is 18.6 Å². The summed E-state index contributed by atoms with van der Waals surface area (Å²) in [5.41, 5.74) is -0.00374. The molecule has 21 heavy (non-hydrogen) atoms. The molecule has 1 heterocycles. The van der Waals surface area contributed by atoms with Crippen LogP contribution in [0.3, 0.4) is 0 Å². The lowest BCUT2D eigenvalue weighted by molar-refractivity contribution is -0.0216. The van der Waals surface area contributed by atoms with Crippen LogP contribution in [0.5, 0.6) is 0 Å². The van der Waals surface area contributed by atoms with E-state index in [1.165, 1.54) is 0 Å². The van der Waals surface area contributed by atoms with Crippen molar-refractivity contribution in [3.63, 3.8) is 0 Å². The van der Waals surface area contributed by atoms with Gasteiger partial charge in [0.25, 0.3) is 0 Å². The zero-order valence-electron chi connectivity index (χ0n) is 12.5. The Morgan fingerprint density at radius 1 is 1.05 bits per heavy atom. The normalized spacial score (nSPS) is 23.6. The molecule has 0 amide bonds. The zero-order valence-corrected chi connectivity index (χ0v) is 12.5. The van der Waals surface area contributed by atoms with Crippen molar-refractivity contribution >= 4 is 0 Å². The average Bonchev–Trinajstić information content (AvgIpc) is 3.15. The van der Waals surface area contributed by atoms with E-state index in [9.17, 15) is 13.9 Å². The standard InChI is InChI=1S/C17H23F2NO/c1-12-6-7-13(15(19)14(12)18)16(21)17(8-2-3-9-17)20-10-4-5-11-20/h6-7,16,21H,2-5,8-11H2,1H3. The van der Waals surface area contributed by atoms with Crippen molar-refractivity contribution in [1.29, 1.82) is 0 Å². The van der Waals surface area contributed by atoms with Crippen LogP contribution in [0.2, 0.25) is 0 Å². The molecule has 0 radical (unpaired) electrons. The first-order valence-electron chi connectivity index (χ1n) is 7.94. The maximum atomic E-state index is 14.3. The number of aliphatic hydroxyl groups is 1. The number of aryl methyl sites for hydroxylation is 1. The topological polar surface area (TPSA) is 23.5 Å². The van der Waals surface area contributed by atoms with Gasteiger partial charge in [-0.1, -0.05) is 25.0 Å². The fourth-order valence-electron chi connectivity index (χ4n) is 4.07. The van der Waals surface area contributed by atoms with Gasteiger partial charge in [-0.3, -0.25) is 4.90 Å². The number of likely N-dealkylation sites (tertiary alicyclic amines) is 1. The van der Waals surface area contributed by atoms with E-state index in [0.717, 1.165) is 51.6 Å². The van der Waals surface area contributed by atoms with Gasteiger partial charge in [-0.15, -0.1) is 0 Å². The lowest BCUT2D eigenvalue weighted by Crippen LogP contribution is -2.50. The summed E-state index contributed by atoms with van der Waals surface area (Å²) in [5, 5.41) is 10.9. The minimum Gasteiger partial charge on any atom is -0.386 e. The number of nitrogens with zero attached hydrogens (tertiary/aromatic N) is 1. The zero-order chi connectivity index (χ0) is 15.0. The molecule has 1 N–H and O–H groups in total. The summed E-state index contributed by atoms with van der Waals surface area (Å²) in [5.74, 6) is -1.71. The van der Waals surface area contributed by atoms with Crippen LogP contribution in [0.25, 0.3) is 0 Å². The Morgan fingerprint density at radius 2 is 1.67 bits per heavy atom. The number of hydrogen-bond donors (Lipinski definition) is 1. The molecule has 2 aliphatic rings. The summed E-state index contributed by atoms with van der Waals surface area (Å²) in [6.45, 7) is 3.44. The van der Waals surface area contributed by atoms with E-state index in [1.54, 1.807) is 19.1 Å². The second-order valence-electron chi connectivity index (χ2n) is 6.51. The highest BCUT2D eigenvalue weighted by atomic mass is 19.2. The Kier molecular flexibility index (Phi) is 4.02. The third-order valence-electron chi connectivity index (χ3n) is 5.31. The summed E-state index contributed by atoms with van der Waals surface area (Å²) >= 11 is 0. The predicted molar refractivity (Wildman–Crippen MR) is 78.1 cm³/mol. The molecule has 1 aromatic rings. The SMILES string of the molecule is Cc1ccc(C(O)C2(N3CCCC3)CCCC2)c(F)c1F. The lowest BCUT2D eigenvalue weighted by Gasteiger charge is -2.43. The van der Waals surface area contributed by atoms with Crippen LogP contribution in [-0.2, 0) is 0 Å². The molecular formula is C17H23F2NO. The van der Waals surface area contributed by atoms with Gasteiger partial charge in [-0.25, -0.2) is 8.78 Å². The molecule has 4 heteroatoms. The van der Waals surface area contributed by atoms with Gasteiger partial charge in [0.2, 0.25) is 0 Å². The van der Waals surface area contributed by atoms with Gasteiger partial charge in [-0.2, -0.15) is 0 Å². The van der Waals surface area contributed by atoms with Crippen LogP contribution in [0.4, 0.5) is 8.78 Å². The summed E-state index contributed by atoms with van der Waals surface area (Å²) in [4.78, 5) is 2.31. The fourth-order valence-corrected chi connectivity index (χ4v) is 4.07. The van der Waals surface area contributed by atoms with Gasteiger partial charge in [0, 0.05) is 5.56 Å². The Bertz CT molecular complexity index is 520. The molecule has 0 bridgehead atoms. The van der Waals surface area contributed by atoms with E-state index in [1.807, 2.05) is 0 Å². The summed E-state index contributed by atoms with van der Waals surface area (Å²) in [7, 11) is 0. The minimum atomic E-state index is -0.951. The maximum Gasteiger partial charge on any atom is 0.164 e. The molecule has 1 saturated heterocycles. The van der Waals surface area contributed by atoms with Gasteiger partial charge in [0.1, 0.15) is 6.10 Å². The minimum absolute atomic E-state index is 0.118. The Balaban J connectivity index is 1.98. The highest BCUT2D eigenvalue weighted by Gasteiger charge is 2.47. The molecule has 1 aliphatic carbocycles. The summed E-state index contributed by atoms with van der Waals surface area (Å²) in [6, 6.07) is 3.11. The largest absolute Gasteiger partial charge is 0.386 e. The molecule has 0 spiro atoms. The predicted octanol–water partition coefficient (Wildman–Crippen LogP) is 3.72. The van der Waals surface area contributed by atoms with E-state index in [2.05, 4.69) is 4.90 Å². The van der Waals surface area contributed by atoms with Crippen molar-refractivity contribution in [2.75, 3.05) is 13.1 Å². The monoisotopic (exact) mass is 295 g/mol. The van der Waals surface area contributed by atoms with Gasteiger partial charge in [0.05, 0.1) is 5.54 Å².